The molecule has 2 aromatic heterocycles. The van der Waals surface area contributed by atoms with Gasteiger partial charge in [-0.05, 0) is 32.0 Å². The van der Waals surface area contributed by atoms with Crippen LogP contribution in [0.4, 0.5) is 5.82 Å². The molecule has 0 spiro atoms. The van der Waals surface area contributed by atoms with E-state index in [4.69, 9.17) is 9.72 Å². The van der Waals surface area contributed by atoms with Crippen LogP contribution in [0.1, 0.15) is 12.8 Å². The number of piperidine rings is 1. The summed E-state index contributed by atoms with van der Waals surface area (Å²) in [4.78, 5) is 11.8. The molecule has 0 saturated carbocycles. The van der Waals surface area contributed by atoms with Gasteiger partial charge in [-0.3, -0.25) is 0 Å². The molecule has 1 N–H and O–H groups in total. The fraction of sp³-hybridized carbons (Fsp3) is 0.667. The molecule has 0 bridgehead atoms. The highest BCUT2D eigenvalue weighted by Crippen LogP contribution is 2.20. The minimum absolute atomic E-state index is 0.551. The van der Waals surface area contributed by atoms with Gasteiger partial charge in [0.25, 0.3) is 0 Å². The van der Waals surface area contributed by atoms with Crippen LogP contribution in [-0.4, -0.2) is 55.4 Å². The lowest BCUT2D eigenvalue weighted by Gasteiger charge is -2.32. The highest BCUT2D eigenvalue weighted by Gasteiger charge is 2.19. The molecule has 0 atom stereocenters. The summed E-state index contributed by atoms with van der Waals surface area (Å²) in [6.07, 6.45) is 6.24. The molecule has 138 valence electrons. The minimum Gasteiger partial charge on any atom is -0.361 e. The molecule has 1 fully saturated rings. The molecule has 25 heavy (non-hydrogen) atoms. The summed E-state index contributed by atoms with van der Waals surface area (Å²) in [5.74, 6) is 0.986. The van der Waals surface area contributed by atoms with Crippen molar-refractivity contribution in [2.75, 3.05) is 31.6 Å². The largest absolute Gasteiger partial charge is 0.361 e. The summed E-state index contributed by atoms with van der Waals surface area (Å²) in [7, 11) is 1.00. The normalized spacial score (nSPS) is 16.7. The standard InChI is InChI=1S/C18H31N5OSi/c1-19-15-5-8-22(9-6-15)17-13-20-18-16(21-17)7-10-23(18)14-24-11-12-25(2,3)4/h7,10,13,15,19H,5-6,8-9,11-12,14H2,1-4H3. The summed E-state index contributed by atoms with van der Waals surface area (Å²) in [6.45, 7) is 10.5. The van der Waals surface area contributed by atoms with Crippen molar-refractivity contribution in [2.45, 2.75) is 51.3 Å². The Bertz CT molecular complexity index is 688. The lowest BCUT2D eigenvalue weighted by atomic mass is 10.1. The second-order valence-corrected chi connectivity index (χ2v) is 13.7. The number of hydrogen-bond acceptors (Lipinski definition) is 5. The number of ether oxygens (including phenoxy) is 1. The Hall–Kier alpha value is -1.44. The first kappa shape index (κ1) is 18.4. The Morgan fingerprint density at radius 2 is 2.04 bits per heavy atom. The summed E-state index contributed by atoms with van der Waals surface area (Å²) in [5.41, 5.74) is 1.85. The molecule has 0 unspecified atom stereocenters. The molecule has 2 aromatic rings. The maximum atomic E-state index is 5.85. The van der Waals surface area contributed by atoms with E-state index in [0.29, 0.717) is 12.8 Å². The Balaban J connectivity index is 1.61. The quantitative estimate of drug-likeness (QED) is 0.607. The third-order valence-corrected chi connectivity index (χ3v) is 6.61. The van der Waals surface area contributed by atoms with Gasteiger partial charge in [0, 0.05) is 40.0 Å². The summed E-state index contributed by atoms with van der Waals surface area (Å²) in [6, 6.07) is 3.85. The van der Waals surface area contributed by atoms with E-state index in [0.717, 1.165) is 49.5 Å². The maximum absolute atomic E-state index is 5.85. The smallest absolute Gasteiger partial charge is 0.160 e. The van der Waals surface area contributed by atoms with Gasteiger partial charge in [-0.15, -0.1) is 0 Å². The third-order valence-electron chi connectivity index (χ3n) is 4.90. The number of anilines is 1. The first-order chi connectivity index (χ1) is 12.0. The number of aromatic nitrogens is 3. The van der Waals surface area contributed by atoms with Gasteiger partial charge in [-0.2, -0.15) is 0 Å². The predicted octanol–water partition coefficient (Wildman–Crippen LogP) is 2.93. The molecular weight excluding hydrogens is 330 g/mol. The number of rotatable bonds is 7. The lowest BCUT2D eigenvalue weighted by Crippen LogP contribution is -2.41. The molecule has 0 aliphatic carbocycles. The van der Waals surface area contributed by atoms with Crippen LogP contribution in [-0.2, 0) is 11.5 Å². The van der Waals surface area contributed by atoms with Crippen LogP contribution in [0.5, 0.6) is 0 Å². The van der Waals surface area contributed by atoms with Gasteiger partial charge in [0.2, 0.25) is 0 Å². The summed E-state index contributed by atoms with van der Waals surface area (Å²) >= 11 is 0. The van der Waals surface area contributed by atoms with Gasteiger partial charge in [0.1, 0.15) is 18.1 Å². The predicted molar refractivity (Wildman–Crippen MR) is 106 cm³/mol. The molecule has 0 amide bonds. The van der Waals surface area contributed by atoms with Crippen molar-refractivity contribution in [2.24, 2.45) is 0 Å². The molecule has 3 rings (SSSR count). The molecule has 1 aliphatic rings. The zero-order valence-corrected chi connectivity index (χ0v) is 17.0. The third kappa shape index (κ3) is 4.80. The van der Waals surface area contributed by atoms with Crippen molar-refractivity contribution in [1.29, 1.82) is 0 Å². The SMILES string of the molecule is CNC1CCN(c2cnc3c(ccn3COCC[Si](C)(C)C)n2)CC1. The van der Waals surface area contributed by atoms with Crippen molar-refractivity contribution < 1.29 is 4.74 Å². The highest BCUT2D eigenvalue weighted by molar-refractivity contribution is 6.76. The molecule has 3 heterocycles. The fourth-order valence-corrected chi connectivity index (χ4v) is 3.90. The van der Waals surface area contributed by atoms with Crippen LogP contribution in [0.15, 0.2) is 18.5 Å². The zero-order chi connectivity index (χ0) is 17.9. The number of fused-ring (bicyclic) bond motifs is 1. The Kier molecular flexibility index (Phi) is 5.76. The number of nitrogens with one attached hydrogen (secondary N) is 1. The first-order valence-corrected chi connectivity index (χ1v) is 13.0. The minimum atomic E-state index is -1.04. The van der Waals surface area contributed by atoms with E-state index in [2.05, 4.69) is 34.8 Å². The van der Waals surface area contributed by atoms with Gasteiger partial charge in [0.05, 0.1) is 6.20 Å². The van der Waals surface area contributed by atoms with Crippen LogP contribution in [0.2, 0.25) is 25.7 Å². The topological polar surface area (TPSA) is 55.2 Å². The molecule has 6 nitrogen and oxygen atoms in total. The van der Waals surface area contributed by atoms with E-state index >= 15 is 0 Å². The molecule has 1 aliphatic heterocycles. The van der Waals surface area contributed by atoms with Gasteiger partial charge in [-0.1, -0.05) is 19.6 Å². The first-order valence-electron chi connectivity index (χ1n) is 9.28. The van der Waals surface area contributed by atoms with Crippen LogP contribution in [0, 0.1) is 0 Å². The van der Waals surface area contributed by atoms with E-state index in [9.17, 15) is 0 Å². The van der Waals surface area contributed by atoms with Crippen LogP contribution < -0.4 is 10.2 Å². The second kappa shape index (κ2) is 7.84. The van der Waals surface area contributed by atoms with E-state index in [1.54, 1.807) is 0 Å². The molecule has 1 saturated heterocycles. The van der Waals surface area contributed by atoms with Crippen molar-refractivity contribution in [3.63, 3.8) is 0 Å². The Morgan fingerprint density at radius 1 is 1.28 bits per heavy atom. The monoisotopic (exact) mass is 361 g/mol. The van der Waals surface area contributed by atoms with Crippen molar-refractivity contribution in [3.05, 3.63) is 18.5 Å². The second-order valence-electron chi connectivity index (χ2n) is 8.12. The van der Waals surface area contributed by atoms with Gasteiger partial charge < -0.3 is 19.5 Å². The summed E-state index contributed by atoms with van der Waals surface area (Å²) < 4.78 is 7.89. The lowest BCUT2D eigenvalue weighted by molar-refractivity contribution is 0.0899. The zero-order valence-electron chi connectivity index (χ0n) is 16.0. The van der Waals surface area contributed by atoms with Crippen LogP contribution in [0.3, 0.4) is 0 Å². The van der Waals surface area contributed by atoms with Crippen LogP contribution >= 0.6 is 0 Å². The molecule has 7 heteroatoms. The van der Waals surface area contributed by atoms with Crippen molar-refractivity contribution in [3.8, 4) is 0 Å². The number of hydrogen-bond donors (Lipinski definition) is 1. The summed E-state index contributed by atoms with van der Waals surface area (Å²) in [5, 5.41) is 3.36. The van der Waals surface area contributed by atoms with Crippen LogP contribution in [0.25, 0.3) is 11.2 Å². The molecule has 0 aromatic carbocycles. The average Bonchev–Trinajstić information content (AvgIpc) is 3.00. The average molecular weight is 362 g/mol. The van der Waals surface area contributed by atoms with Crippen molar-refractivity contribution >= 4 is 25.1 Å². The van der Waals surface area contributed by atoms with E-state index in [-0.39, 0.29) is 0 Å². The van der Waals surface area contributed by atoms with Gasteiger partial charge in [-0.25, -0.2) is 9.97 Å². The maximum Gasteiger partial charge on any atom is 0.160 e. The molecule has 0 radical (unpaired) electrons. The Morgan fingerprint density at radius 3 is 2.72 bits per heavy atom. The van der Waals surface area contributed by atoms with Gasteiger partial charge in [0.15, 0.2) is 5.65 Å². The van der Waals surface area contributed by atoms with E-state index < -0.39 is 8.07 Å². The Labute approximate surface area is 151 Å². The highest BCUT2D eigenvalue weighted by atomic mass is 28.3. The molecular formula is C18H31N5OSi. The number of nitrogens with zero attached hydrogens (tertiary/aromatic N) is 4. The fourth-order valence-electron chi connectivity index (χ4n) is 3.15. The van der Waals surface area contributed by atoms with Gasteiger partial charge >= 0.3 is 0 Å². The van der Waals surface area contributed by atoms with E-state index in [1.165, 1.54) is 6.04 Å². The van der Waals surface area contributed by atoms with Crippen molar-refractivity contribution in [1.82, 2.24) is 19.9 Å². The van der Waals surface area contributed by atoms with E-state index in [1.807, 2.05) is 30.1 Å².